The minimum absolute atomic E-state index is 0.126. The summed E-state index contributed by atoms with van der Waals surface area (Å²) in [5.41, 5.74) is 4.35. The molecule has 0 aliphatic heterocycles. The fraction of sp³-hybridized carbons (Fsp3) is 0.227. The molecule has 0 radical (unpaired) electrons. The van der Waals surface area contributed by atoms with Crippen LogP contribution < -0.4 is 5.32 Å². The first-order valence-corrected chi connectivity index (χ1v) is 10.00. The second-order valence-electron chi connectivity index (χ2n) is 6.40. The molecule has 0 spiro atoms. The molecule has 0 saturated heterocycles. The van der Waals surface area contributed by atoms with E-state index in [4.69, 9.17) is 4.98 Å². The van der Waals surface area contributed by atoms with Crippen LogP contribution in [0.4, 0.5) is 5.69 Å². The van der Waals surface area contributed by atoms with Crippen molar-refractivity contribution in [2.45, 2.75) is 25.3 Å². The number of aromatic nitrogens is 1. The van der Waals surface area contributed by atoms with Gasteiger partial charge in [0.05, 0.1) is 23.9 Å². The molecular weight excluding hydrogens is 372 g/mol. The molecule has 1 aromatic heterocycles. The number of carbonyl (C=O) groups is 2. The molecule has 1 N–H and O–H groups in total. The summed E-state index contributed by atoms with van der Waals surface area (Å²) in [6, 6.07) is 15.0. The Bertz CT molecular complexity index is 1020. The van der Waals surface area contributed by atoms with Crippen LogP contribution in [0.1, 0.15) is 28.4 Å². The molecule has 3 rings (SSSR count). The van der Waals surface area contributed by atoms with Crippen molar-refractivity contribution in [3.63, 3.8) is 0 Å². The maximum absolute atomic E-state index is 12.3. The van der Waals surface area contributed by atoms with E-state index < -0.39 is 5.97 Å². The third-order valence-corrected chi connectivity index (χ3v) is 5.45. The predicted octanol–water partition coefficient (Wildman–Crippen LogP) is 4.62. The summed E-state index contributed by atoms with van der Waals surface area (Å²) in [6.45, 7) is 4.14. The smallest absolute Gasteiger partial charge is 0.337 e. The fourth-order valence-corrected chi connectivity index (χ4v) is 3.61. The number of anilines is 1. The van der Waals surface area contributed by atoms with Gasteiger partial charge in [-0.3, -0.25) is 4.79 Å². The van der Waals surface area contributed by atoms with Gasteiger partial charge in [-0.15, -0.1) is 0 Å². The molecule has 5 nitrogen and oxygen atoms in total. The number of methoxy groups -OCH3 is 1. The highest BCUT2D eigenvalue weighted by atomic mass is 32.2. The van der Waals surface area contributed by atoms with E-state index in [0.717, 1.165) is 27.9 Å². The van der Waals surface area contributed by atoms with Crippen molar-refractivity contribution in [2.24, 2.45) is 0 Å². The lowest BCUT2D eigenvalue weighted by atomic mass is 10.1. The third-order valence-electron chi connectivity index (χ3n) is 4.36. The second-order valence-corrected chi connectivity index (χ2v) is 7.36. The molecule has 1 heterocycles. The largest absolute Gasteiger partial charge is 0.465 e. The minimum atomic E-state index is -0.405. The number of nitrogens with zero attached hydrogens (tertiary/aromatic N) is 1. The van der Waals surface area contributed by atoms with Crippen LogP contribution in [0.3, 0.4) is 0 Å². The van der Waals surface area contributed by atoms with Gasteiger partial charge in [0.25, 0.3) is 0 Å². The van der Waals surface area contributed by atoms with E-state index in [0.29, 0.717) is 11.3 Å². The van der Waals surface area contributed by atoms with Crippen molar-refractivity contribution in [3.8, 4) is 0 Å². The molecule has 3 aromatic rings. The van der Waals surface area contributed by atoms with Gasteiger partial charge in [-0.2, -0.15) is 0 Å². The number of carbonyl (C=O) groups excluding carboxylic acids is 2. The average molecular weight is 394 g/mol. The Kier molecular flexibility index (Phi) is 6.31. The molecule has 0 fully saturated rings. The van der Waals surface area contributed by atoms with Gasteiger partial charge in [0.1, 0.15) is 5.03 Å². The zero-order valence-electron chi connectivity index (χ0n) is 16.1. The summed E-state index contributed by atoms with van der Waals surface area (Å²) < 4.78 is 4.66. The lowest BCUT2D eigenvalue weighted by Gasteiger charge is -2.09. The molecule has 0 saturated carbocycles. The van der Waals surface area contributed by atoms with E-state index >= 15 is 0 Å². The lowest BCUT2D eigenvalue weighted by Crippen LogP contribution is -2.14. The Balaban J connectivity index is 1.64. The molecule has 0 unspecified atom stereocenters. The van der Waals surface area contributed by atoms with Crippen LogP contribution >= 0.6 is 11.8 Å². The number of fused-ring (bicyclic) bond motifs is 1. The molecule has 0 aliphatic rings. The van der Waals surface area contributed by atoms with Crippen molar-refractivity contribution < 1.29 is 14.3 Å². The van der Waals surface area contributed by atoms with Gasteiger partial charge in [0, 0.05) is 11.1 Å². The number of ether oxygens (including phenoxy) is 1. The van der Waals surface area contributed by atoms with Gasteiger partial charge < -0.3 is 10.1 Å². The quantitative estimate of drug-likeness (QED) is 0.488. The molecule has 6 heteroatoms. The van der Waals surface area contributed by atoms with Gasteiger partial charge in [-0.25, -0.2) is 9.78 Å². The van der Waals surface area contributed by atoms with Crippen LogP contribution in [-0.4, -0.2) is 29.7 Å². The highest BCUT2D eigenvalue weighted by Crippen LogP contribution is 2.25. The molecule has 0 bridgehead atoms. The van der Waals surface area contributed by atoms with Crippen molar-refractivity contribution in [1.29, 1.82) is 0 Å². The zero-order chi connectivity index (χ0) is 20.1. The van der Waals surface area contributed by atoms with Crippen LogP contribution in [0.15, 0.2) is 53.6 Å². The number of esters is 1. The van der Waals surface area contributed by atoms with Crippen LogP contribution in [0, 0.1) is 6.92 Å². The molecule has 0 aliphatic carbocycles. The Hall–Kier alpha value is -2.86. The van der Waals surface area contributed by atoms with Gasteiger partial charge in [-0.05, 0) is 66.9 Å². The Morgan fingerprint density at radius 2 is 1.86 bits per heavy atom. The van der Waals surface area contributed by atoms with Gasteiger partial charge in [0.2, 0.25) is 5.91 Å². The van der Waals surface area contributed by atoms with E-state index in [2.05, 4.69) is 35.2 Å². The monoisotopic (exact) mass is 394 g/mol. The van der Waals surface area contributed by atoms with E-state index in [1.165, 1.54) is 24.4 Å². The lowest BCUT2D eigenvalue weighted by molar-refractivity contribution is -0.113. The summed E-state index contributed by atoms with van der Waals surface area (Å²) in [4.78, 5) is 28.4. The number of thioether (sulfide) groups is 1. The van der Waals surface area contributed by atoms with Gasteiger partial charge in [0.15, 0.2) is 0 Å². The van der Waals surface area contributed by atoms with E-state index in [-0.39, 0.29) is 11.7 Å². The first-order chi connectivity index (χ1) is 13.5. The zero-order valence-corrected chi connectivity index (χ0v) is 16.9. The Labute approximate surface area is 168 Å². The van der Waals surface area contributed by atoms with E-state index in [1.807, 2.05) is 13.0 Å². The standard InChI is InChI=1S/C22H22N2O3S/c1-4-15-5-10-19-17(12-15)11-14(2)21(24-19)28-13-20(25)23-18-8-6-16(7-9-18)22(26)27-3/h5-12H,4,13H2,1-3H3,(H,23,25). The molecule has 1 amide bonds. The first kappa shape index (κ1) is 19.9. The second kappa shape index (κ2) is 8.89. The fourth-order valence-electron chi connectivity index (χ4n) is 2.82. The number of hydrogen-bond acceptors (Lipinski definition) is 5. The highest BCUT2D eigenvalue weighted by Gasteiger charge is 2.10. The summed E-state index contributed by atoms with van der Waals surface area (Å²) in [5, 5.41) is 4.80. The normalized spacial score (nSPS) is 10.7. The third kappa shape index (κ3) is 4.70. The minimum Gasteiger partial charge on any atom is -0.465 e. The molecule has 144 valence electrons. The van der Waals surface area contributed by atoms with Gasteiger partial charge in [-0.1, -0.05) is 24.8 Å². The van der Waals surface area contributed by atoms with Crippen molar-refractivity contribution >= 4 is 40.2 Å². The SMILES string of the molecule is CCc1ccc2nc(SCC(=O)Nc3ccc(C(=O)OC)cc3)c(C)cc2c1. The maximum atomic E-state index is 12.3. The maximum Gasteiger partial charge on any atom is 0.337 e. The molecule has 28 heavy (non-hydrogen) atoms. The molecular formula is C22H22N2O3S. The predicted molar refractivity (Wildman–Crippen MR) is 113 cm³/mol. The van der Waals surface area contributed by atoms with Crippen LogP contribution in [0.25, 0.3) is 10.9 Å². The highest BCUT2D eigenvalue weighted by molar-refractivity contribution is 8.00. The Morgan fingerprint density at radius 1 is 1.11 bits per heavy atom. The summed E-state index contributed by atoms with van der Waals surface area (Å²) >= 11 is 1.41. The van der Waals surface area contributed by atoms with E-state index in [1.54, 1.807) is 24.3 Å². The number of benzene rings is 2. The summed E-state index contributed by atoms with van der Waals surface area (Å²) in [7, 11) is 1.33. The van der Waals surface area contributed by atoms with Crippen LogP contribution in [-0.2, 0) is 16.0 Å². The summed E-state index contributed by atoms with van der Waals surface area (Å²) in [6.07, 6.45) is 0.992. The van der Waals surface area contributed by atoms with Gasteiger partial charge >= 0.3 is 5.97 Å². The van der Waals surface area contributed by atoms with E-state index in [9.17, 15) is 9.59 Å². The number of hydrogen-bond donors (Lipinski definition) is 1. The molecule has 2 aromatic carbocycles. The van der Waals surface area contributed by atoms with Crippen molar-refractivity contribution in [3.05, 3.63) is 65.2 Å². The number of rotatable bonds is 6. The van der Waals surface area contributed by atoms with Crippen LogP contribution in [0.2, 0.25) is 0 Å². The Morgan fingerprint density at radius 3 is 2.54 bits per heavy atom. The average Bonchev–Trinajstić information content (AvgIpc) is 2.71. The van der Waals surface area contributed by atoms with Crippen LogP contribution in [0.5, 0.6) is 0 Å². The van der Waals surface area contributed by atoms with Crippen molar-refractivity contribution in [2.75, 3.05) is 18.2 Å². The summed E-state index contributed by atoms with van der Waals surface area (Å²) in [5.74, 6) is -0.277. The number of amides is 1. The number of pyridine rings is 1. The number of nitrogens with one attached hydrogen (secondary N) is 1. The number of aryl methyl sites for hydroxylation is 2. The topological polar surface area (TPSA) is 68.3 Å². The molecule has 0 atom stereocenters. The first-order valence-electron chi connectivity index (χ1n) is 9.01. The van der Waals surface area contributed by atoms with Crippen molar-refractivity contribution in [1.82, 2.24) is 4.98 Å².